The number of carbonyl (C=O) groups is 4. The molecular weight excluding hydrogens is 536 g/mol. The van der Waals surface area contributed by atoms with Gasteiger partial charge in [-0.05, 0) is 42.7 Å². The minimum absolute atomic E-state index is 0.0530. The molecule has 2 aliphatic heterocycles. The molecule has 0 aromatic carbocycles. The number of likely N-dealkylation sites (N-methyl/N-ethyl adjacent to an activating group) is 2. The van der Waals surface area contributed by atoms with Gasteiger partial charge < -0.3 is 0 Å². The molecule has 0 unspecified atom stereocenters. The van der Waals surface area contributed by atoms with Crippen LogP contribution in [0.5, 0.6) is 0 Å². The molecule has 0 saturated carbocycles. The number of aliphatic imine (C=N–C) groups is 2. The number of nitriles is 1. The van der Waals surface area contributed by atoms with Crippen molar-refractivity contribution in [1.29, 1.82) is 5.26 Å². The Kier molecular flexibility index (Phi) is 5.87. The Morgan fingerprint density at radius 1 is 0.846 bits per heavy atom. The smallest absolute Gasteiger partial charge is 0.279 e. The molecule has 3 aliphatic rings. The summed E-state index contributed by atoms with van der Waals surface area (Å²) in [7, 11) is 2.66. The molecule has 5 rings (SSSR count). The van der Waals surface area contributed by atoms with Gasteiger partial charge in [-0.15, -0.1) is 22.7 Å². The third kappa shape index (κ3) is 3.64. The molecule has 0 radical (unpaired) electrons. The second kappa shape index (κ2) is 8.76. The lowest BCUT2D eigenvalue weighted by Gasteiger charge is -2.22. The lowest BCUT2D eigenvalue weighted by atomic mass is 9.84. The highest BCUT2D eigenvalue weighted by molar-refractivity contribution is 7.26. The number of imide groups is 2. The van der Waals surface area contributed by atoms with Crippen LogP contribution in [0.15, 0.2) is 44.5 Å². The molecule has 4 amide bonds. The fourth-order valence-electron chi connectivity index (χ4n) is 4.73. The van der Waals surface area contributed by atoms with Gasteiger partial charge in [0.2, 0.25) is 0 Å². The molecule has 10 nitrogen and oxygen atoms in total. The first-order valence-electron chi connectivity index (χ1n) is 11.6. The minimum atomic E-state index is -0.647. The molecule has 0 N–H and O–H groups in total. The van der Waals surface area contributed by atoms with E-state index in [2.05, 4.69) is 28.7 Å². The molecular formula is C27H20N6O4S2. The number of thiophene rings is 2. The number of rotatable bonds is 2. The van der Waals surface area contributed by atoms with Gasteiger partial charge in [-0.25, -0.2) is 14.8 Å². The van der Waals surface area contributed by atoms with Crippen molar-refractivity contribution >= 4 is 67.7 Å². The zero-order chi connectivity index (χ0) is 28.5. The van der Waals surface area contributed by atoms with Crippen LogP contribution in [0, 0.1) is 17.9 Å². The summed E-state index contributed by atoms with van der Waals surface area (Å²) >= 11 is 2.77. The molecule has 0 atom stereocenters. The Labute approximate surface area is 231 Å². The van der Waals surface area contributed by atoms with Crippen molar-refractivity contribution in [2.75, 3.05) is 14.1 Å². The van der Waals surface area contributed by atoms with Crippen molar-refractivity contribution in [1.82, 2.24) is 9.80 Å². The van der Waals surface area contributed by atoms with E-state index in [1.165, 1.54) is 36.8 Å². The number of fused-ring (bicyclic) bond motifs is 3. The van der Waals surface area contributed by atoms with Gasteiger partial charge in [-0.3, -0.25) is 29.0 Å². The predicted molar refractivity (Wildman–Crippen MR) is 147 cm³/mol. The first-order valence-corrected chi connectivity index (χ1v) is 13.3. The summed E-state index contributed by atoms with van der Waals surface area (Å²) in [5, 5.41) is 10.5. The number of carbonyl (C=O) groups excluding carboxylic acids is 4. The van der Waals surface area contributed by atoms with E-state index in [-0.39, 0.29) is 33.8 Å². The summed E-state index contributed by atoms with van der Waals surface area (Å²) in [6, 6.07) is 5.70. The summed E-state index contributed by atoms with van der Waals surface area (Å²) in [5.41, 5.74) is 2.00. The fraction of sp³-hybridized carbons (Fsp3) is 0.259. The van der Waals surface area contributed by atoms with Crippen LogP contribution in [0.2, 0.25) is 0 Å². The van der Waals surface area contributed by atoms with Gasteiger partial charge in [0.1, 0.15) is 33.1 Å². The molecule has 1 aliphatic carbocycles. The molecule has 2 aromatic heterocycles. The van der Waals surface area contributed by atoms with E-state index >= 15 is 0 Å². The number of nitrogens with zero attached hydrogens (tertiary/aromatic N) is 6. The highest BCUT2D eigenvalue weighted by Crippen LogP contribution is 2.58. The standard InChI is InChI=1S/C27H20N6O4S2/c1-11-13(10-28)23(34)32(6)25(36)19(11)30-16-8-14-21(38-16)22-15(27(14,3)4)9-17(39-22)31-20-12(2)18(29-5)24(35)33(7)26(20)37/h8-9H,1-4,6-7H3. The van der Waals surface area contributed by atoms with Crippen LogP contribution in [-0.4, -0.2) is 58.9 Å². The monoisotopic (exact) mass is 556 g/mol. The van der Waals surface area contributed by atoms with E-state index in [0.717, 1.165) is 30.7 Å². The van der Waals surface area contributed by atoms with Gasteiger partial charge in [0.15, 0.2) is 0 Å². The van der Waals surface area contributed by atoms with Crippen molar-refractivity contribution in [3.63, 3.8) is 0 Å². The second-order valence-corrected chi connectivity index (χ2v) is 11.8. The minimum Gasteiger partial charge on any atom is -0.286 e. The Morgan fingerprint density at radius 3 is 1.77 bits per heavy atom. The molecule has 12 heteroatoms. The maximum atomic E-state index is 12.8. The lowest BCUT2D eigenvalue weighted by Crippen LogP contribution is -2.44. The van der Waals surface area contributed by atoms with Gasteiger partial charge in [-0.1, -0.05) is 13.8 Å². The molecule has 0 saturated heterocycles. The third-order valence-corrected chi connectivity index (χ3v) is 9.36. The summed E-state index contributed by atoms with van der Waals surface area (Å²) in [4.78, 5) is 66.3. The zero-order valence-electron chi connectivity index (χ0n) is 21.8. The van der Waals surface area contributed by atoms with E-state index in [1.54, 1.807) is 13.8 Å². The Balaban J connectivity index is 1.60. The average molecular weight is 557 g/mol. The van der Waals surface area contributed by atoms with Crippen molar-refractivity contribution in [2.24, 2.45) is 9.98 Å². The molecule has 194 valence electrons. The highest BCUT2D eigenvalue weighted by Gasteiger charge is 2.41. The number of amides is 4. The van der Waals surface area contributed by atoms with Crippen LogP contribution < -0.4 is 0 Å². The summed E-state index contributed by atoms with van der Waals surface area (Å²) in [6.45, 7) is 14.6. The second-order valence-electron chi connectivity index (χ2n) is 9.74. The third-order valence-electron chi connectivity index (χ3n) is 7.14. The Hall–Kier alpha value is -4.52. The number of hydrogen-bond acceptors (Lipinski definition) is 9. The van der Waals surface area contributed by atoms with Crippen LogP contribution in [0.1, 0.15) is 38.8 Å². The van der Waals surface area contributed by atoms with E-state index in [4.69, 9.17) is 6.57 Å². The van der Waals surface area contributed by atoms with Gasteiger partial charge >= 0.3 is 0 Å². The van der Waals surface area contributed by atoms with E-state index < -0.39 is 29.0 Å². The van der Waals surface area contributed by atoms with Crippen molar-refractivity contribution in [2.45, 2.75) is 33.1 Å². The van der Waals surface area contributed by atoms with Crippen molar-refractivity contribution in [3.8, 4) is 15.8 Å². The van der Waals surface area contributed by atoms with Crippen LogP contribution in [0.25, 0.3) is 14.6 Å². The van der Waals surface area contributed by atoms with E-state index in [0.29, 0.717) is 10.0 Å². The fourth-order valence-corrected chi connectivity index (χ4v) is 7.27. The van der Waals surface area contributed by atoms with Crippen LogP contribution in [-0.2, 0) is 24.6 Å². The maximum Gasteiger partial charge on any atom is 0.279 e. The predicted octanol–water partition coefficient (Wildman–Crippen LogP) is 4.29. The van der Waals surface area contributed by atoms with Crippen LogP contribution in [0.4, 0.5) is 10.0 Å². The lowest BCUT2D eigenvalue weighted by molar-refractivity contribution is -0.138. The molecule has 4 heterocycles. The SMILES string of the molecule is [C-]#[N+]C1=C(C)C(=Nc2cc3c(s2)-c2sc(N=C4C(=O)N(C)C(=O)C(C#N)=C4C)cc2C3(C)C)C(=O)N(C)C1=O. The summed E-state index contributed by atoms with van der Waals surface area (Å²) < 4.78 is 0. The van der Waals surface area contributed by atoms with Gasteiger partial charge in [0.05, 0.1) is 16.3 Å². The van der Waals surface area contributed by atoms with Crippen molar-refractivity contribution in [3.05, 3.63) is 57.1 Å². The van der Waals surface area contributed by atoms with Gasteiger partial charge in [0.25, 0.3) is 29.3 Å². The molecule has 39 heavy (non-hydrogen) atoms. The van der Waals surface area contributed by atoms with Gasteiger partial charge in [0, 0.05) is 25.1 Å². The Morgan fingerprint density at radius 2 is 1.31 bits per heavy atom. The largest absolute Gasteiger partial charge is 0.286 e. The normalized spacial score (nSPS) is 20.7. The first-order chi connectivity index (χ1) is 18.3. The summed E-state index contributed by atoms with van der Waals surface area (Å²) in [6.07, 6.45) is 0. The topological polar surface area (TPSA) is 128 Å². The Bertz CT molecular complexity index is 1660. The molecule has 0 fully saturated rings. The summed E-state index contributed by atoms with van der Waals surface area (Å²) in [5.74, 6) is -2.42. The van der Waals surface area contributed by atoms with Gasteiger partial charge in [-0.2, -0.15) is 5.26 Å². The van der Waals surface area contributed by atoms with E-state index in [9.17, 15) is 24.4 Å². The molecule has 0 spiro atoms. The van der Waals surface area contributed by atoms with Crippen LogP contribution >= 0.6 is 22.7 Å². The van der Waals surface area contributed by atoms with Crippen molar-refractivity contribution < 1.29 is 19.2 Å². The maximum absolute atomic E-state index is 12.8. The molecule has 2 aromatic rings. The number of hydrogen-bond donors (Lipinski definition) is 0. The zero-order valence-corrected chi connectivity index (χ0v) is 23.4. The highest BCUT2D eigenvalue weighted by atomic mass is 32.1. The quantitative estimate of drug-likeness (QED) is 0.403. The average Bonchev–Trinajstić information content (AvgIpc) is 3.56. The van der Waals surface area contributed by atoms with E-state index in [1.807, 2.05) is 18.2 Å². The molecule has 0 bridgehead atoms. The van der Waals surface area contributed by atoms with Crippen LogP contribution in [0.3, 0.4) is 0 Å². The first kappa shape index (κ1) is 26.1.